The van der Waals surface area contributed by atoms with Gasteiger partial charge in [0.15, 0.2) is 0 Å². The number of nitrogens with one attached hydrogen (secondary N) is 1. The van der Waals surface area contributed by atoms with E-state index in [1.807, 2.05) is 12.1 Å². The van der Waals surface area contributed by atoms with Gasteiger partial charge >= 0.3 is 0 Å². The Morgan fingerprint density at radius 1 is 1.10 bits per heavy atom. The van der Waals surface area contributed by atoms with Crippen molar-refractivity contribution in [2.45, 2.75) is 63.8 Å². The lowest BCUT2D eigenvalue weighted by atomic mass is 9.93. The standard InChI is InChI=1S/C24H29BrN2O3S/c1-29-19-13-20(30-2)18(25)12-15(19)14-26-24-22(17-10-6-7-11-21(17)31-24)23(28)27-16-8-4-3-5-9-16/h12-14,16H,3-11H2,1-2H3,(H,27,28)/b26-14-. The number of methoxy groups -OCH3 is 2. The molecule has 1 N–H and O–H groups in total. The lowest BCUT2D eigenvalue weighted by Crippen LogP contribution is -2.36. The van der Waals surface area contributed by atoms with Gasteiger partial charge in [0.25, 0.3) is 5.91 Å². The molecule has 1 heterocycles. The van der Waals surface area contributed by atoms with Gasteiger partial charge in [0.05, 0.1) is 24.3 Å². The number of amides is 1. The maximum atomic E-state index is 13.3. The summed E-state index contributed by atoms with van der Waals surface area (Å²) in [6.07, 6.45) is 11.9. The Kier molecular flexibility index (Phi) is 7.33. The number of rotatable bonds is 6. The van der Waals surface area contributed by atoms with Crippen molar-refractivity contribution in [3.8, 4) is 11.5 Å². The lowest BCUT2D eigenvalue weighted by Gasteiger charge is -2.23. The topological polar surface area (TPSA) is 59.9 Å². The molecule has 0 unspecified atom stereocenters. The second-order valence-electron chi connectivity index (χ2n) is 8.19. The Labute approximate surface area is 196 Å². The van der Waals surface area contributed by atoms with Crippen LogP contribution in [0.2, 0.25) is 0 Å². The third-order valence-corrected chi connectivity index (χ3v) is 7.96. The SMILES string of the molecule is COc1cc(OC)c(/C=N\c2sc3c(c2C(=O)NC2CCCCC2)CCCC3)cc1Br. The van der Waals surface area contributed by atoms with Gasteiger partial charge in [-0.3, -0.25) is 4.79 Å². The van der Waals surface area contributed by atoms with Gasteiger partial charge in [-0.15, -0.1) is 11.3 Å². The van der Waals surface area contributed by atoms with Gasteiger partial charge in [0.2, 0.25) is 0 Å². The molecule has 0 atom stereocenters. The van der Waals surface area contributed by atoms with Crippen molar-refractivity contribution in [2.75, 3.05) is 14.2 Å². The predicted octanol–water partition coefficient (Wildman–Crippen LogP) is 6.22. The van der Waals surface area contributed by atoms with Crippen LogP contribution in [0.5, 0.6) is 11.5 Å². The molecule has 0 bridgehead atoms. The first-order valence-corrected chi connectivity index (χ1v) is 12.6. The van der Waals surface area contributed by atoms with E-state index in [1.165, 1.54) is 36.1 Å². The number of nitrogens with zero attached hydrogens (tertiary/aromatic N) is 1. The van der Waals surface area contributed by atoms with Crippen molar-refractivity contribution >= 4 is 44.4 Å². The fourth-order valence-corrected chi connectivity index (χ4v) is 6.25. The van der Waals surface area contributed by atoms with Gasteiger partial charge in [-0.2, -0.15) is 0 Å². The van der Waals surface area contributed by atoms with E-state index in [4.69, 9.17) is 14.5 Å². The summed E-state index contributed by atoms with van der Waals surface area (Å²) in [4.78, 5) is 19.4. The Hall–Kier alpha value is -1.86. The molecular weight excluding hydrogens is 476 g/mol. The number of aliphatic imine (C=N–C) groups is 1. The number of hydrogen-bond acceptors (Lipinski definition) is 5. The van der Waals surface area contributed by atoms with Crippen LogP contribution in [0.1, 0.15) is 71.3 Å². The maximum absolute atomic E-state index is 13.3. The minimum absolute atomic E-state index is 0.0429. The van der Waals surface area contributed by atoms with Crippen LogP contribution < -0.4 is 14.8 Å². The molecule has 1 aromatic heterocycles. The zero-order valence-electron chi connectivity index (χ0n) is 18.1. The number of benzene rings is 1. The summed E-state index contributed by atoms with van der Waals surface area (Å²) in [6.45, 7) is 0. The minimum atomic E-state index is 0.0429. The van der Waals surface area contributed by atoms with E-state index in [0.29, 0.717) is 11.5 Å². The molecule has 5 nitrogen and oxygen atoms in total. The number of thiophene rings is 1. The van der Waals surface area contributed by atoms with Crippen LogP contribution in [0, 0.1) is 0 Å². The van der Waals surface area contributed by atoms with Crippen molar-refractivity contribution in [1.29, 1.82) is 0 Å². The summed E-state index contributed by atoms with van der Waals surface area (Å²) in [5.41, 5.74) is 2.83. The van der Waals surface area contributed by atoms with E-state index in [9.17, 15) is 4.79 Å². The van der Waals surface area contributed by atoms with Gasteiger partial charge < -0.3 is 14.8 Å². The molecule has 4 rings (SSSR count). The number of aryl methyl sites for hydroxylation is 1. The van der Waals surface area contributed by atoms with Crippen LogP contribution in [0.25, 0.3) is 0 Å². The van der Waals surface area contributed by atoms with Crippen LogP contribution in [0.4, 0.5) is 5.00 Å². The average Bonchev–Trinajstić information content (AvgIpc) is 3.17. The Balaban J connectivity index is 1.66. The first-order chi connectivity index (χ1) is 15.1. The van der Waals surface area contributed by atoms with Crippen LogP contribution in [-0.2, 0) is 12.8 Å². The Morgan fingerprint density at radius 3 is 2.58 bits per heavy atom. The van der Waals surface area contributed by atoms with Gasteiger partial charge in [-0.05, 0) is 66.1 Å². The predicted molar refractivity (Wildman–Crippen MR) is 130 cm³/mol. The van der Waals surface area contributed by atoms with Gasteiger partial charge in [-0.1, -0.05) is 19.3 Å². The Morgan fingerprint density at radius 2 is 1.84 bits per heavy atom. The molecule has 166 valence electrons. The van der Waals surface area contributed by atoms with E-state index in [-0.39, 0.29) is 11.9 Å². The molecule has 1 saturated carbocycles. The van der Waals surface area contributed by atoms with Crippen molar-refractivity contribution in [3.63, 3.8) is 0 Å². The fraction of sp³-hybridized carbons (Fsp3) is 0.500. The molecule has 0 spiro atoms. The number of ether oxygens (including phenoxy) is 2. The Bertz CT molecular complexity index is 980. The van der Waals surface area contributed by atoms with Gasteiger partial charge in [0.1, 0.15) is 16.5 Å². The number of hydrogen-bond donors (Lipinski definition) is 1. The average molecular weight is 505 g/mol. The van der Waals surface area contributed by atoms with Crippen molar-refractivity contribution < 1.29 is 14.3 Å². The van der Waals surface area contributed by atoms with Crippen molar-refractivity contribution in [2.24, 2.45) is 4.99 Å². The smallest absolute Gasteiger partial charge is 0.254 e. The molecule has 7 heteroatoms. The van der Waals surface area contributed by atoms with E-state index in [1.54, 1.807) is 31.8 Å². The number of carbonyl (C=O) groups is 1. The first kappa shape index (κ1) is 22.3. The fourth-order valence-electron chi connectivity index (χ4n) is 4.49. The molecule has 0 saturated heterocycles. The maximum Gasteiger partial charge on any atom is 0.254 e. The molecule has 1 fully saturated rings. The largest absolute Gasteiger partial charge is 0.496 e. The molecule has 31 heavy (non-hydrogen) atoms. The van der Waals surface area contributed by atoms with E-state index < -0.39 is 0 Å². The van der Waals surface area contributed by atoms with Crippen LogP contribution >= 0.6 is 27.3 Å². The van der Waals surface area contributed by atoms with E-state index >= 15 is 0 Å². The first-order valence-electron chi connectivity index (χ1n) is 11.0. The number of fused-ring (bicyclic) bond motifs is 1. The summed E-state index contributed by atoms with van der Waals surface area (Å²) in [7, 11) is 3.26. The van der Waals surface area contributed by atoms with Crippen LogP contribution in [0.15, 0.2) is 21.6 Å². The summed E-state index contributed by atoms with van der Waals surface area (Å²) in [5.74, 6) is 1.42. The van der Waals surface area contributed by atoms with Crippen LogP contribution in [-0.4, -0.2) is 32.4 Å². The number of halogens is 1. The molecule has 0 radical (unpaired) electrons. The zero-order chi connectivity index (χ0) is 21.8. The van der Waals surface area contributed by atoms with Crippen LogP contribution in [0.3, 0.4) is 0 Å². The van der Waals surface area contributed by atoms with Crippen molar-refractivity contribution in [1.82, 2.24) is 5.32 Å². The summed E-state index contributed by atoms with van der Waals surface area (Å²) in [5, 5.41) is 4.10. The van der Waals surface area contributed by atoms with E-state index in [2.05, 4.69) is 21.2 Å². The molecular formula is C24H29BrN2O3S. The molecule has 0 aliphatic heterocycles. The van der Waals surface area contributed by atoms with Gasteiger partial charge in [-0.25, -0.2) is 4.99 Å². The summed E-state index contributed by atoms with van der Waals surface area (Å²) in [6, 6.07) is 4.05. The number of carbonyl (C=O) groups excluding carboxylic acids is 1. The van der Waals surface area contributed by atoms with E-state index in [0.717, 1.165) is 52.7 Å². The highest BCUT2D eigenvalue weighted by Crippen LogP contribution is 2.40. The normalized spacial score (nSPS) is 16.9. The van der Waals surface area contributed by atoms with Crippen molar-refractivity contribution in [3.05, 3.63) is 38.2 Å². The monoisotopic (exact) mass is 504 g/mol. The third kappa shape index (κ3) is 4.98. The third-order valence-electron chi connectivity index (χ3n) is 6.15. The minimum Gasteiger partial charge on any atom is -0.496 e. The van der Waals surface area contributed by atoms with Gasteiger partial charge in [0, 0.05) is 28.8 Å². The molecule has 2 aromatic rings. The highest BCUT2D eigenvalue weighted by Gasteiger charge is 2.27. The zero-order valence-corrected chi connectivity index (χ0v) is 20.5. The molecule has 2 aliphatic rings. The summed E-state index contributed by atoms with van der Waals surface area (Å²) < 4.78 is 11.7. The quantitative estimate of drug-likeness (QED) is 0.475. The second kappa shape index (κ2) is 10.2. The lowest BCUT2D eigenvalue weighted by molar-refractivity contribution is 0.0927. The highest BCUT2D eigenvalue weighted by atomic mass is 79.9. The highest BCUT2D eigenvalue weighted by molar-refractivity contribution is 9.10. The molecule has 2 aliphatic carbocycles. The molecule has 1 amide bonds. The second-order valence-corrected chi connectivity index (χ2v) is 10.1. The summed E-state index contributed by atoms with van der Waals surface area (Å²) >= 11 is 5.19. The molecule has 1 aromatic carbocycles.